The van der Waals surface area contributed by atoms with Gasteiger partial charge in [-0.2, -0.15) is 0 Å². The molecule has 5 nitrogen and oxygen atoms in total. The first-order valence-electron chi connectivity index (χ1n) is 7.63. The first-order chi connectivity index (χ1) is 10.1. The largest absolute Gasteiger partial charge is 0.361 e. The average Bonchev–Trinajstić information content (AvgIpc) is 2.90. The summed E-state index contributed by atoms with van der Waals surface area (Å²) in [7, 11) is -1.27. The Morgan fingerprint density at radius 2 is 2.19 bits per heavy atom. The molecule has 0 radical (unpaired) electrons. The number of aryl methyl sites for hydroxylation is 1. The van der Waals surface area contributed by atoms with Crippen LogP contribution in [-0.4, -0.2) is 27.1 Å². The Bertz CT molecular complexity index is 495. The molecule has 1 fully saturated rings. The van der Waals surface area contributed by atoms with Gasteiger partial charge in [-0.05, 0) is 32.6 Å². The van der Waals surface area contributed by atoms with E-state index in [-0.39, 0.29) is 11.7 Å². The minimum atomic E-state index is -1.27. The van der Waals surface area contributed by atoms with Crippen LogP contribution in [0.4, 0.5) is 0 Å². The smallest absolute Gasteiger partial charge is 0.235 e. The summed E-state index contributed by atoms with van der Waals surface area (Å²) >= 11 is 0. The molecule has 2 rings (SSSR count). The molecule has 118 valence electrons. The Balaban J connectivity index is 1.76. The van der Waals surface area contributed by atoms with Gasteiger partial charge in [-0.1, -0.05) is 24.4 Å². The Hall–Kier alpha value is -1.17. The summed E-state index contributed by atoms with van der Waals surface area (Å²) in [6.07, 6.45) is 6.20. The van der Waals surface area contributed by atoms with Gasteiger partial charge in [0.05, 0.1) is 11.4 Å². The number of hydrogen-bond donors (Lipinski definition) is 1. The van der Waals surface area contributed by atoms with E-state index in [0.717, 1.165) is 0 Å². The molecular formula is C15H24N2O3S. The van der Waals surface area contributed by atoms with Crippen molar-refractivity contribution in [2.45, 2.75) is 57.0 Å². The Labute approximate surface area is 128 Å². The highest BCUT2D eigenvalue weighted by Gasteiger charge is 2.22. The number of nitrogens with one attached hydrogen (secondary N) is 1. The fourth-order valence-corrected chi connectivity index (χ4v) is 3.66. The van der Waals surface area contributed by atoms with Crippen LogP contribution < -0.4 is 5.32 Å². The summed E-state index contributed by atoms with van der Waals surface area (Å²) in [6, 6.07) is 1.75. The van der Waals surface area contributed by atoms with Crippen LogP contribution in [0.1, 0.15) is 50.5 Å². The predicted octanol–water partition coefficient (Wildman–Crippen LogP) is 2.32. The molecular weight excluding hydrogens is 288 g/mol. The lowest BCUT2D eigenvalue weighted by atomic mass is 9.89. The van der Waals surface area contributed by atoms with Gasteiger partial charge < -0.3 is 9.84 Å². The van der Waals surface area contributed by atoms with E-state index in [1.165, 1.54) is 32.1 Å². The fourth-order valence-electron chi connectivity index (χ4n) is 2.66. The quantitative estimate of drug-likeness (QED) is 0.875. The number of carbonyl (C=O) groups excluding carboxylic acids is 1. The summed E-state index contributed by atoms with van der Waals surface area (Å²) in [5.41, 5.74) is 0.637. The van der Waals surface area contributed by atoms with Gasteiger partial charge in [0, 0.05) is 23.4 Å². The molecule has 1 aromatic rings. The minimum Gasteiger partial charge on any atom is -0.361 e. The van der Waals surface area contributed by atoms with Crippen molar-refractivity contribution >= 4 is 16.7 Å². The lowest BCUT2D eigenvalue weighted by Crippen LogP contribution is -2.38. The molecule has 0 unspecified atom stereocenters. The van der Waals surface area contributed by atoms with E-state index in [1.807, 2.05) is 0 Å². The molecule has 1 amide bonds. The molecule has 6 heteroatoms. The average molecular weight is 312 g/mol. The molecule has 1 aromatic heterocycles. The topological polar surface area (TPSA) is 72.2 Å². The lowest BCUT2D eigenvalue weighted by Gasteiger charge is -2.22. The molecule has 1 heterocycles. The highest BCUT2D eigenvalue weighted by molar-refractivity contribution is 7.85. The molecule has 1 N–H and O–H groups in total. The SMILES string of the molecule is Cc1cc(C[S@@](=O)[C@H](C)C(=O)NCC2CCCCC2)no1. The fraction of sp³-hybridized carbons (Fsp3) is 0.733. The van der Waals surface area contributed by atoms with Crippen molar-refractivity contribution in [2.75, 3.05) is 6.54 Å². The highest BCUT2D eigenvalue weighted by Crippen LogP contribution is 2.22. The zero-order valence-corrected chi connectivity index (χ0v) is 13.6. The van der Waals surface area contributed by atoms with Crippen molar-refractivity contribution in [3.63, 3.8) is 0 Å². The lowest BCUT2D eigenvalue weighted by molar-refractivity contribution is -0.120. The predicted molar refractivity (Wildman–Crippen MR) is 82.1 cm³/mol. The molecule has 1 aliphatic carbocycles. The maximum atomic E-state index is 12.2. The van der Waals surface area contributed by atoms with Crippen LogP contribution in [-0.2, 0) is 21.3 Å². The third-order valence-corrected chi connectivity index (χ3v) is 5.60. The third-order valence-electron chi connectivity index (χ3n) is 4.02. The zero-order valence-electron chi connectivity index (χ0n) is 12.8. The maximum Gasteiger partial charge on any atom is 0.235 e. The van der Waals surface area contributed by atoms with E-state index in [4.69, 9.17) is 4.52 Å². The summed E-state index contributed by atoms with van der Waals surface area (Å²) in [4.78, 5) is 12.1. The van der Waals surface area contributed by atoms with Crippen molar-refractivity contribution in [1.82, 2.24) is 10.5 Å². The van der Waals surface area contributed by atoms with E-state index in [0.29, 0.717) is 23.9 Å². The van der Waals surface area contributed by atoms with E-state index in [2.05, 4.69) is 10.5 Å². The van der Waals surface area contributed by atoms with Crippen molar-refractivity contribution < 1.29 is 13.5 Å². The van der Waals surface area contributed by atoms with Crippen LogP contribution >= 0.6 is 0 Å². The van der Waals surface area contributed by atoms with Crippen LogP contribution in [0.25, 0.3) is 0 Å². The second-order valence-electron chi connectivity index (χ2n) is 5.85. The summed E-state index contributed by atoms with van der Waals surface area (Å²) in [5.74, 6) is 1.41. The number of amides is 1. The maximum absolute atomic E-state index is 12.2. The standard InChI is InChI=1S/C15H24N2O3S/c1-11-8-14(17-20-11)10-21(19)12(2)15(18)16-9-13-6-4-3-5-7-13/h8,12-13H,3-7,9-10H2,1-2H3,(H,16,18)/t12-,21-/m1/s1. The monoisotopic (exact) mass is 312 g/mol. The van der Waals surface area contributed by atoms with Crippen molar-refractivity contribution in [3.05, 3.63) is 17.5 Å². The first kappa shape index (κ1) is 16.2. The van der Waals surface area contributed by atoms with Crippen molar-refractivity contribution in [2.24, 2.45) is 5.92 Å². The second kappa shape index (κ2) is 7.73. The Kier molecular flexibility index (Phi) is 5.96. The molecule has 0 aromatic carbocycles. The number of hydrogen-bond acceptors (Lipinski definition) is 4. The molecule has 0 aliphatic heterocycles. The summed E-state index contributed by atoms with van der Waals surface area (Å²) < 4.78 is 17.1. The van der Waals surface area contributed by atoms with Crippen LogP contribution in [0.3, 0.4) is 0 Å². The van der Waals surface area contributed by atoms with Gasteiger partial charge in [0.1, 0.15) is 11.0 Å². The first-order valence-corrected chi connectivity index (χ1v) is 9.01. The molecule has 21 heavy (non-hydrogen) atoms. The van der Waals surface area contributed by atoms with Gasteiger partial charge in [-0.15, -0.1) is 0 Å². The Morgan fingerprint density at radius 3 is 2.81 bits per heavy atom. The number of aromatic nitrogens is 1. The Morgan fingerprint density at radius 1 is 1.48 bits per heavy atom. The highest BCUT2D eigenvalue weighted by atomic mass is 32.2. The van der Waals surface area contributed by atoms with Gasteiger partial charge in [0.25, 0.3) is 0 Å². The second-order valence-corrected chi connectivity index (χ2v) is 7.60. The number of nitrogens with zero attached hydrogens (tertiary/aromatic N) is 1. The van der Waals surface area contributed by atoms with E-state index in [9.17, 15) is 9.00 Å². The molecule has 0 bridgehead atoms. The van der Waals surface area contributed by atoms with Gasteiger partial charge >= 0.3 is 0 Å². The van der Waals surface area contributed by atoms with Crippen molar-refractivity contribution in [3.8, 4) is 0 Å². The van der Waals surface area contributed by atoms with Crippen LogP contribution in [0.2, 0.25) is 0 Å². The molecule has 2 atom stereocenters. The van der Waals surface area contributed by atoms with Gasteiger partial charge in [0.2, 0.25) is 5.91 Å². The van der Waals surface area contributed by atoms with Gasteiger partial charge in [0.15, 0.2) is 0 Å². The normalized spacial score (nSPS) is 19.1. The van der Waals surface area contributed by atoms with E-state index < -0.39 is 16.0 Å². The molecule has 0 spiro atoms. The molecule has 1 aliphatic rings. The summed E-state index contributed by atoms with van der Waals surface area (Å²) in [6.45, 7) is 4.21. The van der Waals surface area contributed by atoms with E-state index >= 15 is 0 Å². The van der Waals surface area contributed by atoms with Crippen molar-refractivity contribution in [1.29, 1.82) is 0 Å². The van der Waals surface area contributed by atoms with Crippen LogP contribution in [0.5, 0.6) is 0 Å². The third kappa shape index (κ3) is 4.95. The van der Waals surface area contributed by atoms with Gasteiger partial charge in [-0.3, -0.25) is 9.00 Å². The zero-order chi connectivity index (χ0) is 15.2. The number of rotatable bonds is 6. The van der Waals surface area contributed by atoms with E-state index in [1.54, 1.807) is 19.9 Å². The molecule has 0 saturated heterocycles. The summed E-state index contributed by atoms with van der Waals surface area (Å²) in [5, 5.41) is 6.24. The minimum absolute atomic E-state index is 0.126. The van der Waals surface area contributed by atoms with Gasteiger partial charge in [-0.25, -0.2) is 0 Å². The van der Waals surface area contributed by atoms with Crippen LogP contribution in [0, 0.1) is 12.8 Å². The number of carbonyl (C=O) groups is 1. The van der Waals surface area contributed by atoms with Crippen LogP contribution in [0.15, 0.2) is 10.6 Å². The molecule has 1 saturated carbocycles.